The lowest BCUT2D eigenvalue weighted by atomic mass is 9.86. The van der Waals surface area contributed by atoms with Crippen LogP contribution in [-0.2, 0) is 14.3 Å². The molecule has 2 rings (SSSR count). The number of hydrogen-bond acceptors (Lipinski definition) is 6. The lowest BCUT2D eigenvalue weighted by Gasteiger charge is -2.38. The molecule has 7 nitrogen and oxygen atoms in total. The van der Waals surface area contributed by atoms with Crippen LogP contribution < -0.4 is 0 Å². The van der Waals surface area contributed by atoms with Crippen molar-refractivity contribution in [2.45, 2.75) is 56.9 Å². The highest BCUT2D eigenvalue weighted by molar-refractivity contribution is 5.73. The van der Waals surface area contributed by atoms with Gasteiger partial charge < -0.3 is 29.9 Å². The second-order valence-electron chi connectivity index (χ2n) is 6.23. The quantitative estimate of drug-likeness (QED) is 0.533. The van der Waals surface area contributed by atoms with E-state index in [0.717, 1.165) is 30.4 Å². The summed E-state index contributed by atoms with van der Waals surface area (Å²) in [5, 5.41) is 38.2. The van der Waals surface area contributed by atoms with E-state index in [9.17, 15) is 20.1 Å². The largest absolute Gasteiger partial charge is 0.479 e. The molecule has 0 aromatic rings. The minimum Gasteiger partial charge on any atom is -0.479 e. The molecule has 1 heterocycles. The van der Waals surface area contributed by atoms with Gasteiger partial charge in [0.15, 0.2) is 12.4 Å². The van der Waals surface area contributed by atoms with Gasteiger partial charge in [-0.25, -0.2) is 4.79 Å². The summed E-state index contributed by atoms with van der Waals surface area (Å²) < 4.78 is 10.5. The van der Waals surface area contributed by atoms with Gasteiger partial charge in [-0.05, 0) is 37.7 Å². The number of aliphatic carboxylic acids is 1. The van der Waals surface area contributed by atoms with Gasteiger partial charge in [0, 0.05) is 0 Å². The van der Waals surface area contributed by atoms with Crippen molar-refractivity contribution in [2.24, 2.45) is 5.92 Å². The van der Waals surface area contributed by atoms with Gasteiger partial charge in [0.1, 0.15) is 18.3 Å². The molecule has 0 aromatic heterocycles. The first-order valence-electron chi connectivity index (χ1n) is 7.68. The molecule has 6 atom stereocenters. The second kappa shape index (κ2) is 7.55. The minimum atomic E-state index is -1.70. The third kappa shape index (κ3) is 4.19. The van der Waals surface area contributed by atoms with Crippen LogP contribution in [0.3, 0.4) is 0 Å². The fourth-order valence-electron chi connectivity index (χ4n) is 2.85. The number of carbonyl (C=O) groups is 1. The van der Waals surface area contributed by atoms with E-state index in [0.29, 0.717) is 5.92 Å². The summed E-state index contributed by atoms with van der Waals surface area (Å²) in [6.45, 7) is 6.14. The summed E-state index contributed by atoms with van der Waals surface area (Å²) >= 11 is 0. The van der Waals surface area contributed by atoms with E-state index >= 15 is 0 Å². The van der Waals surface area contributed by atoms with Gasteiger partial charge in [-0.3, -0.25) is 0 Å². The first kappa shape index (κ1) is 18.1. The highest BCUT2D eigenvalue weighted by Gasteiger charge is 2.47. The molecule has 23 heavy (non-hydrogen) atoms. The Kier molecular flexibility index (Phi) is 5.94. The van der Waals surface area contributed by atoms with Crippen LogP contribution in [0.2, 0.25) is 0 Å². The van der Waals surface area contributed by atoms with Crippen molar-refractivity contribution in [3.05, 3.63) is 23.8 Å². The average molecular weight is 328 g/mol. The number of aliphatic hydroxyl groups excluding tert-OH is 3. The maximum Gasteiger partial charge on any atom is 0.335 e. The Hall–Kier alpha value is -1.25. The molecule has 7 heteroatoms. The van der Waals surface area contributed by atoms with Gasteiger partial charge >= 0.3 is 5.97 Å². The van der Waals surface area contributed by atoms with Crippen molar-refractivity contribution in [2.75, 3.05) is 6.61 Å². The Morgan fingerprint density at radius 2 is 2.04 bits per heavy atom. The van der Waals surface area contributed by atoms with Crippen molar-refractivity contribution in [1.82, 2.24) is 0 Å². The second-order valence-corrected chi connectivity index (χ2v) is 6.23. The molecule has 1 saturated heterocycles. The minimum absolute atomic E-state index is 0.180. The van der Waals surface area contributed by atoms with E-state index in [2.05, 4.69) is 12.7 Å². The van der Waals surface area contributed by atoms with Gasteiger partial charge in [-0.2, -0.15) is 0 Å². The summed E-state index contributed by atoms with van der Waals surface area (Å²) in [7, 11) is 0. The molecule has 2 aliphatic rings. The Balaban J connectivity index is 1.92. The topological polar surface area (TPSA) is 116 Å². The third-order valence-corrected chi connectivity index (χ3v) is 4.45. The summed E-state index contributed by atoms with van der Waals surface area (Å²) in [4.78, 5) is 11.0. The molecule has 130 valence electrons. The van der Waals surface area contributed by atoms with E-state index < -0.39 is 36.7 Å². The predicted octanol–water partition coefficient (Wildman–Crippen LogP) is 0.198. The van der Waals surface area contributed by atoms with Gasteiger partial charge in [-0.15, -0.1) is 0 Å². The molecule has 2 unspecified atom stereocenters. The molecular formula is C16H24O7. The van der Waals surface area contributed by atoms with Crippen LogP contribution in [0.5, 0.6) is 0 Å². The van der Waals surface area contributed by atoms with Gasteiger partial charge in [0.25, 0.3) is 0 Å². The molecule has 0 radical (unpaired) electrons. The van der Waals surface area contributed by atoms with E-state index in [1.807, 2.05) is 6.92 Å². The smallest absolute Gasteiger partial charge is 0.335 e. The van der Waals surface area contributed by atoms with Crippen molar-refractivity contribution < 1.29 is 34.7 Å². The molecule has 1 aliphatic heterocycles. The Morgan fingerprint density at radius 1 is 1.35 bits per heavy atom. The van der Waals surface area contributed by atoms with E-state index in [-0.39, 0.29) is 6.61 Å². The number of aliphatic hydroxyl groups is 3. The maximum absolute atomic E-state index is 11.0. The van der Waals surface area contributed by atoms with Crippen molar-refractivity contribution >= 4 is 5.97 Å². The summed E-state index contributed by atoms with van der Waals surface area (Å²) in [5.74, 6) is -0.957. The fraction of sp³-hybridized carbons (Fsp3) is 0.688. The van der Waals surface area contributed by atoms with Crippen LogP contribution in [-0.4, -0.2) is 63.7 Å². The third-order valence-electron chi connectivity index (χ3n) is 4.45. The highest BCUT2D eigenvalue weighted by Crippen LogP contribution is 2.29. The summed E-state index contributed by atoms with van der Waals surface area (Å²) in [6.07, 6.45) is -3.05. The van der Waals surface area contributed by atoms with Crippen LogP contribution in [0.4, 0.5) is 0 Å². The number of rotatable bonds is 5. The Bertz CT molecular complexity index is 487. The SMILES string of the molecule is C=C(C)C1CC=C(COC2O[C@H](C(=O)O)[C@@H](O)[C@H](O)[C@H]2O)CC1. The zero-order valence-electron chi connectivity index (χ0n) is 13.1. The zero-order chi connectivity index (χ0) is 17.1. The first-order chi connectivity index (χ1) is 10.8. The summed E-state index contributed by atoms with van der Waals surface area (Å²) in [5.41, 5.74) is 2.18. The number of carboxylic acids is 1. The maximum atomic E-state index is 11.0. The Morgan fingerprint density at radius 3 is 2.57 bits per heavy atom. The van der Waals surface area contributed by atoms with Crippen molar-refractivity contribution in [3.8, 4) is 0 Å². The number of hydrogen-bond donors (Lipinski definition) is 4. The number of carboxylic acid groups (broad SMARTS) is 1. The fourth-order valence-corrected chi connectivity index (χ4v) is 2.85. The highest BCUT2D eigenvalue weighted by atomic mass is 16.7. The molecule has 0 spiro atoms. The molecule has 1 fully saturated rings. The molecule has 4 N–H and O–H groups in total. The molecular weight excluding hydrogens is 304 g/mol. The molecule has 0 amide bonds. The standard InChI is InChI=1S/C16H24O7/c1-8(2)10-5-3-9(4-6-10)7-22-16-13(19)11(17)12(18)14(23-16)15(20)21/h3,10-14,16-19H,1,4-7H2,2H3,(H,20,21)/t10?,11-,12-,13+,14-,16?/m0/s1. The lowest BCUT2D eigenvalue weighted by Crippen LogP contribution is -2.60. The van der Waals surface area contributed by atoms with Gasteiger partial charge in [-0.1, -0.05) is 18.2 Å². The number of allylic oxidation sites excluding steroid dienone is 2. The van der Waals surface area contributed by atoms with Crippen LogP contribution in [0.25, 0.3) is 0 Å². The molecule has 1 aliphatic carbocycles. The average Bonchev–Trinajstić information content (AvgIpc) is 2.52. The molecule has 0 saturated carbocycles. The van der Waals surface area contributed by atoms with Crippen molar-refractivity contribution in [3.63, 3.8) is 0 Å². The van der Waals surface area contributed by atoms with Crippen LogP contribution >= 0.6 is 0 Å². The van der Waals surface area contributed by atoms with E-state index in [1.165, 1.54) is 0 Å². The normalized spacial score (nSPS) is 38.0. The van der Waals surface area contributed by atoms with Crippen LogP contribution in [0, 0.1) is 5.92 Å². The van der Waals surface area contributed by atoms with Crippen LogP contribution in [0.1, 0.15) is 26.2 Å². The lowest BCUT2D eigenvalue weighted by molar-refractivity contribution is -0.292. The predicted molar refractivity (Wildman–Crippen MR) is 80.5 cm³/mol. The molecule has 0 bridgehead atoms. The Labute approximate surface area is 134 Å². The van der Waals surface area contributed by atoms with E-state index in [4.69, 9.17) is 14.6 Å². The first-order valence-corrected chi connectivity index (χ1v) is 7.68. The van der Waals surface area contributed by atoms with Crippen LogP contribution in [0.15, 0.2) is 23.8 Å². The number of ether oxygens (including phenoxy) is 2. The van der Waals surface area contributed by atoms with Gasteiger partial charge in [0.2, 0.25) is 0 Å². The molecule has 0 aromatic carbocycles. The summed E-state index contributed by atoms with van der Waals surface area (Å²) in [6, 6.07) is 0. The van der Waals surface area contributed by atoms with E-state index in [1.54, 1.807) is 0 Å². The van der Waals surface area contributed by atoms with Gasteiger partial charge in [0.05, 0.1) is 6.61 Å². The van der Waals surface area contributed by atoms with Crippen molar-refractivity contribution in [1.29, 1.82) is 0 Å². The zero-order valence-corrected chi connectivity index (χ0v) is 13.1. The monoisotopic (exact) mass is 328 g/mol.